The van der Waals surface area contributed by atoms with Crippen LogP contribution in [-0.2, 0) is 0 Å². The number of carbonyl (C=O) groups excluding carboxylic acids is 2. The van der Waals surface area contributed by atoms with Crippen LogP contribution in [0.25, 0.3) is 0 Å². The van der Waals surface area contributed by atoms with Gasteiger partial charge in [-0.25, -0.2) is 0 Å². The number of amides is 2. The number of hydrogen-bond acceptors (Lipinski definition) is 3. The Morgan fingerprint density at radius 3 is 2.06 bits per heavy atom. The number of imide groups is 1. The first-order valence-electron chi connectivity index (χ1n) is 6.02. The molecule has 1 aromatic rings. The predicted molar refractivity (Wildman–Crippen MR) is 67.3 cm³/mol. The van der Waals surface area contributed by atoms with E-state index in [-0.39, 0.29) is 23.8 Å². The van der Waals surface area contributed by atoms with Crippen molar-refractivity contribution in [3.63, 3.8) is 0 Å². The second kappa shape index (κ2) is 4.53. The molecule has 0 unspecified atom stereocenters. The van der Waals surface area contributed by atoms with Crippen molar-refractivity contribution < 1.29 is 14.7 Å². The first-order valence-corrected chi connectivity index (χ1v) is 6.02. The summed E-state index contributed by atoms with van der Waals surface area (Å²) in [5.41, 5.74) is 0.670. The van der Waals surface area contributed by atoms with Crippen molar-refractivity contribution in [2.75, 3.05) is 13.2 Å². The summed E-state index contributed by atoms with van der Waals surface area (Å²) in [7, 11) is 0. The number of aliphatic hydroxyl groups is 1. The number of benzene rings is 1. The summed E-state index contributed by atoms with van der Waals surface area (Å²) in [6.07, 6.45) is 0.592. The summed E-state index contributed by atoms with van der Waals surface area (Å²) in [6, 6.07) is 6.86. The fourth-order valence-electron chi connectivity index (χ4n) is 1.94. The van der Waals surface area contributed by atoms with Gasteiger partial charge in [-0.2, -0.15) is 0 Å². The maximum Gasteiger partial charge on any atom is 0.261 e. The summed E-state index contributed by atoms with van der Waals surface area (Å²) in [6.45, 7) is 4.20. The van der Waals surface area contributed by atoms with Gasteiger partial charge in [-0.05, 0) is 24.0 Å². The molecular formula is C14H17NO3. The van der Waals surface area contributed by atoms with E-state index < -0.39 is 0 Å². The lowest BCUT2D eigenvalue weighted by Crippen LogP contribution is -2.34. The van der Waals surface area contributed by atoms with Crippen molar-refractivity contribution >= 4 is 11.8 Å². The third kappa shape index (κ3) is 2.16. The lowest BCUT2D eigenvalue weighted by atomic mass is 9.90. The van der Waals surface area contributed by atoms with Crippen LogP contribution < -0.4 is 0 Å². The highest BCUT2D eigenvalue weighted by Crippen LogP contribution is 2.25. The van der Waals surface area contributed by atoms with Gasteiger partial charge in [0.1, 0.15) is 0 Å². The molecule has 0 aromatic heterocycles. The molecule has 1 aliphatic rings. The molecular weight excluding hydrogens is 230 g/mol. The first kappa shape index (κ1) is 12.8. The Balaban J connectivity index is 2.14. The van der Waals surface area contributed by atoms with E-state index in [0.717, 1.165) is 0 Å². The molecule has 0 saturated carbocycles. The zero-order valence-corrected chi connectivity index (χ0v) is 10.6. The van der Waals surface area contributed by atoms with E-state index in [4.69, 9.17) is 0 Å². The third-order valence-corrected chi connectivity index (χ3v) is 3.32. The maximum atomic E-state index is 12.1. The zero-order valence-electron chi connectivity index (χ0n) is 10.6. The molecule has 1 heterocycles. The molecule has 2 rings (SSSR count). The van der Waals surface area contributed by atoms with Gasteiger partial charge in [0.15, 0.2) is 0 Å². The van der Waals surface area contributed by atoms with E-state index in [1.807, 2.05) is 13.8 Å². The molecule has 18 heavy (non-hydrogen) atoms. The zero-order chi connectivity index (χ0) is 13.3. The van der Waals surface area contributed by atoms with Crippen LogP contribution in [0.1, 0.15) is 41.0 Å². The Morgan fingerprint density at radius 1 is 1.11 bits per heavy atom. The Morgan fingerprint density at radius 2 is 1.61 bits per heavy atom. The summed E-state index contributed by atoms with van der Waals surface area (Å²) >= 11 is 0. The number of fused-ring (bicyclic) bond motifs is 1. The van der Waals surface area contributed by atoms with Gasteiger partial charge in [-0.1, -0.05) is 26.0 Å². The quantitative estimate of drug-likeness (QED) is 0.824. The number of rotatable bonds is 4. The predicted octanol–water partition coefficient (Wildman–Crippen LogP) is 1.69. The van der Waals surface area contributed by atoms with Crippen LogP contribution in [0.5, 0.6) is 0 Å². The molecule has 0 spiro atoms. The van der Waals surface area contributed by atoms with Crippen molar-refractivity contribution in [1.29, 1.82) is 0 Å². The Labute approximate surface area is 106 Å². The van der Waals surface area contributed by atoms with E-state index in [1.165, 1.54) is 4.90 Å². The molecule has 1 aromatic carbocycles. The van der Waals surface area contributed by atoms with Crippen LogP contribution in [0.4, 0.5) is 0 Å². The third-order valence-electron chi connectivity index (χ3n) is 3.32. The van der Waals surface area contributed by atoms with Gasteiger partial charge in [-0.3, -0.25) is 14.5 Å². The minimum absolute atomic E-state index is 0.0379. The summed E-state index contributed by atoms with van der Waals surface area (Å²) in [5.74, 6) is -0.464. The van der Waals surface area contributed by atoms with Gasteiger partial charge >= 0.3 is 0 Å². The minimum atomic E-state index is -0.282. The fourth-order valence-corrected chi connectivity index (χ4v) is 1.94. The second-order valence-corrected chi connectivity index (χ2v) is 5.38. The van der Waals surface area contributed by atoms with E-state index in [9.17, 15) is 14.7 Å². The Bertz CT molecular complexity index is 459. The van der Waals surface area contributed by atoms with Crippen LogP contribution in [0, 0.1) is 5.41 Å². The van der Waals surface area contributed by atoms with Crippen LogP contribution in [0.3, 0.4) is 0 Å². The molecule has 0 radical (unpaired) electrons. The van der Waals surface area contributed by atoms with Crippen molar-refractivity contribution in [1.82, 2.24) is 4.90 Å². The lowest BCUT2D eigenvalue weighted by Gasteiger charge is -2.24. The number of hydrogen-bond donors (Lipinski definition) is 1. The van der Waals surface area contributed by atoms with E-state index in [0.29, 0.717) is 24.1 Å². The van der Waals surface area contributed by atoms with Crippen LogP contribution in [0.2, 0.25) is 0 Å². The van der Waals surface area contributed by atoms with Crippen LogP contribution in [0.15, 0.2) is 24.3 Å². The molecule has 96 valence electrons. The molecule has 0 saturated heterocycles. The molecule has 0 fully saturated rings. The largest absolute Gasteiger partial charge is 0.396 e. The van der Waals surface area contributed by atoms with Crippen molar-refractivity contribution in [2.24, 2.45) is 5.41 Å². The first-order chi connectivity index (χ1) is 8.46. The maximum absolute atomic E-state index is 12.1. The highest BCUT2D eigenvalue weighted by Gasteiger charge is 2.35. The second-order valence-electron chi connectivity index (χ2n) is 5.38. The standard InChI is InChI=1S/C14H17NO3/c1-14(2,9-16)7-8-15-12(17)10-5-3-4-6-11(10)13(15)18/h3-6,16H,7-9H2,1-2H3. The van der Waals surface area contributed by atoms with E-state index in [2.05, 4.69) is 0 Å². The van der Waals surface area contributed by atoms with Crippen molar-refractivity contribution in [3.05, 3.63) is 35.4 Å². The molecule has 1 aliphatic heterocycles. The van der Waals surface area contributed by atoms with Gasteiger partial charge in [0.05, 0.1) is 11.1 Å². The Kier molecular flexibility index (Phi) is 3.22. The number of aliphatic hydroxyl groups excluding tert-OH is 1. The van der Waals surface area contributed by atoms with Crippen LogP contribution in [-0.4, -0.2) is 35.0 Å². The van der Waals surface area contributed by atoms with Gasteiger partial charge < -0.3 is 5.11 Å². The number of carbonyl (C=O) groups is 2. The minimum Gasteiger partial charge on any atom is -0.396 e. The molecule has 4 heteroatoms. The molecule has 0 atom stereocenters. The average Bonchev–Trinajstić information content (AvgIpc) is 2.61. The normalized spacial score (nSPS) is 15.2. The lowest BCUT2D eigenvalue weighted by molar-refractivity contribution is 0.0613. The summed E-state index contributed by atoms with van der Waals surface area (Å²) in [4.78, 5) is 25.4. The highest BCUT2D eigenvalue weighted by molar-refractivity contribution is 6.21. The van der Waals surface area contributed by atoms with Gasteiger partial charge in [0.25, 0.3) is 11.8 Å². The topological polar surface area (TPSA) is 57.6 Å². The van der Waals surface area contributed by atoms with Crippen molar-refractivity contribution in [3.8, 4) is 0 Å². The molecule has 4 nitrogen and oxygen atoms in total. The van der Waals surface area contributed by atoms with E-state index >= 15 is 0 Å². The molecule has 2 amide bonds. The van der Waals surface area contributed by atoms with Gasteiger partial charge in [0, 0.05) is 13.2 Å². The number of nitrogens with zero attached hydrogens (tertiary/aromatic N) is 1. The summed E-state index contributed by atoms with van der Waals surface area (Å²) in [5, 5.41) is 9.18. The molecule has 0 aliphatic carbocycles. The smallest absolute Gasteiger partial charge is 0.261 e. The molecule has 0 bridgehead atoms. The SMILES string of the molecule is CC(C)(CO)CCN1C(=O)c2ccccc2C1=O. The Hall–Kier alpha value is -1.68. The highest BCUT2D eigenvalue weighted by atomic mass is 16.3. The van der Waals surface area contributed by atoms with Crippen LogP contribution >= 0.6 is 0 Å². The van der Waals surface area contributed by atoms with E-state index in [1.54, 1.807) is 24.3 Å². The molecule has 1 N–H and O–H groups in total. The van der Waals surface area contributed by atoms with Gasteiger partial charge in [-0.15, -0.1) is 0 Å². The fraction of sp³-hybridized carbons (Fsp3) is 0.429. The average molecular weight is 247 g/mol. The monoisotopic (exact) mass is 247 g/mol. The van der Waals surface area contributed by atoms with Gasteiger partial charge in [0.2, 0.25) is 0 Å². The summed E-state index contributed by atoms with van der Waals surface area (Å²) < 4.78 is 0. The van der Waals surface area contributed by atoms with Crippen molar-refractivity contribution in [2.45, 2.75) is 20.3 Å².